The second kappa shape index (κ2) is 5.17. The van der Waals surface area contributed by atoms with Crippen molar-refractivity contribution in [3.05, 3.63) is 53.6 Å². The average molecular weight is 402 g/mol. The summed E-state index contributed by atoms with van der Waals surface area (Å²) in [5.41, 5.74) is 2.74. The number of fused-ring (bicyclic) bond motifs is 2. The zero-order valence-electron chi connectivity index (χ0n) is 15.9. The highest BCUT2D eigenvalue weighted by Gasteiger charge is 2.73. The second-order valence-electron chi connectivity index (χ2n) is 9.40. The molecule has 2 saturated carbocycles. The molecule has 0 radical (unpaired) electrons. The summed E-state index contributed by atoms with van der Waals surface area (Å²) >= 11 is 0. The SMILES string of the molecule is O=C1OC(=O)C2C3C=CC(C4=C(c5ccccc5)C5(CC5)C5C(=O)OC(=O)C5C43)C12. The van der Waals surface area contributed by atoms with Gasteiger partial charge in [-0.25, -0.2) is 0 Å². The Morgan fingerprint density at radius 3 is 2.13 bits per heavy atom. The van der Waals surface area contributed by atoms with Crippen molar-refractivity contribution >= 4 is 29.5 Å². The van der Waals surface area contributed by atoms with Gasteiger partial charge in [-0.1, -0.05) is 48.1 Å². The molecule has 7 unspecified atom stereocenters. The van der Waals surface area contributed by atoms with Crippen molar-refractivity contribution in [3.63, 3.8) is 0 Å². The first-order valence-corrected chi connectivity index (χ1v) is 10.5. The van der Waals surface area contributed by atoms with E-state index in [1.54, 1.807) is 0 Å². The molecule has 7 aliphatic rings. The zero-order valence-corrected chi connectivity index (χ0v) is 15.9. The highest BCUT2D eigenvalue weighted by atomic mass is 16.6. The number of hydrogen-bond donors (Lipinski definition) is 0. The largest absolute Gasteiger partial charge is 0.393 e. The van der Waals surface area contributed by atoms with Crippen molar-refractivity contribution in [2.45, 2.75) is 12.8 Å². The predicted octanol–water partition coefficient (Wildman–Crippen LogP) is 2.30. The maximum atomic E-state index is 12.9. The highest BCUT2D eigenvalue weighted by molar-refractivity contribution is 6.03. The van der Waals surface area contributed by atoms with E-state index in [1.165, 1.54) is 0 Å². The van der Waals surface area contributed by atoms with Crippen LogP contribution < -0.4 is 0 Å². The van der Waals surface area contributed by atoms with Crippen molar-refractivity contribution in [2.24, 2.45) is 46.8 Å². The maximum absolute atomic E-state index is 12.9. The van der Waals surface area contributed by atoms with E-state index in [1.807, 2.05) is 42.5 Å². The molecule has 2 saturated heterocycles. The Hall–Kier alpha value is -3.02. The lowest BCUT2D eigenvalue weighted by atomic mass is 9.47. The van der Waals surface area contributed by atoms with Crippen LogP contribution in [0.15, 0.2) is 48.1 Å². The Bertz CT molecular complexity index is 1120. The number of cyclic esters (lactones) is 4. The standard InChI is InChI=1S/C24H18O6/c25-20-15-11-6-7-12(16(15)21(26)29-20)14-13(11)17-19(23(28)30-22(17)27)24(8-9-24)18(14)10-4-2-1-3-5-10/h1-7,11-13,15-17,19H,8-9H2. The summed E-state index contributed by atoms with van der Waals surface area (Å²) in [6, 6.07) is 9.93. The summed E-state index contributed by atoms with van der Waals surface area (Å²) in [4.78, 5) is 50.9. The quantitative estimate of drug-likeness (QED) is 0.407. The molecule has 1 aromatic rings. The molecule has 2 heterocycles. The molecule has 150 valence electrons. The summed E-state index contributed by atoms with van der Waals surface area (Å²) in [5, 5.41) is 0. The first kappa shape index (κ1) is 16.7. The normalized spacial score (nSPS) is 41.5. The number of ether oxygens (including phenoxy) is 2. The molecular formula is C24H18O6. The molecule has 0 N–H and O–H groups in total. The van der Waals surface area contributed by atoms with Crippen LogP contribution in [-0.4, -0.2) is 23.9 Å². The lowest BCUT2D eigenvalue weighted by molar-refractivity contribution is -0.156. The molecule has 8 rings (SSSR count). The first-order valence-electron chi connectivity index (χ1n) is 10.5. The molecule has 0 amide bonds. The predicted molar refractivity (Wildman–Crippen MR) is 101 cm³/mol. The summed E-state index contributed by atoms with van der Waals surface area (Å²) < 4.78 is 10.2. The number of benzene rings is 1. The van der Waals surface area contributed by atoms with Gasteiger partial charge in [0.05, 0.1) is 23.7 Å². The first-order chi connectivity index (χ1) is 14.5. The van der Waals surface area contributed by atoms with Gasteiger partial charge in [0.25, 0.3) is 0 Å². The number of carbonyl (C=O) groups is 4. The van der Waals surface area contributed by atoms with E-state index in [9.17, 15) is 19.2 Å². The molecule has 5 aliphatic carbocycles. The minimum atomic E-state index is -0.593. The number of rotatable bonds is 1. The molecule has 1 spiro atoms. The van der Waals surface area contributed by atoms with Crippen LogP contribution in [0.3, 0.4) is 0 Å². The molecule has 2 bridgehead atoms. The zero-order chi connectivity index (χ0) is 20.4. The highest BCUT2D eigenvalue weighted by Crippen LogP contribution is 2.73. The number of hydrogen-bond acceptors (Lipinski definition) is 6. The van der Waals surface area contributed by atoms with Gasteiger partial charge in [0.15, 0.2) is 0 Å². The van der Waals surface area contributed by atoms with E-state index in [4.69, 9.17) is 9.47 Å². The van der Waals surface area contributed by atoms with Gasteiger partial charge in [-0.15, -0.1) is 0 Å². The summed E-state index contributed by atoms with van der Waals surface area (Å²) in [6.07, 6.45) is 5.60. The number of esters is 4. The van der Waals surface area contributed by atoms with Crippen molar-refractivity contribution in [3.8, 4) is 0 Å². The van der Waals surface area contributed by atoms with Gasteiger partial charge in [0.2, 0.25) is 0 Å². The van der Waals surface area contributed by atoms with Crippen molar-refractivity contribution in [2.75, 3.05) is 0 Å². The third kappa shape index (κ3) is 1.74. The van der Waals surface area contributed by atoms with Gasteiger partial charge in [-0.3, -0.25) is 19.2 Å². The minimum absolute atomic E-state index is 0.291. The average Bonchev–Trinajstić information content (AvgIpc) is 3.36. The Morgan fingerprint density at radius 2 is 1.40 bits per heavy atom. The van der Waals surface area contributed by atoms with Gasteiger partial charge < -0.3 is 9.47 Å². The fourth-order valence-corrected chi connectivity index (χ4v) is 7.25. The van der Waals surface area contributed by atoms with Gasteiger partial charge in [-0.2, -0.15) is 0 Å². The van der Waals surface area contributed by atoms with E-state index in [0.29, 0.717) is 0 Å². The molecule has 1 aromatic carbocycles. The van der Waals surface area contributed by atoms with Crippen molar-refractivity contribution in [1.29, 1.82) is 0 Å². The van der Waals surface area contributed by atoms with Crippen LogP contribution in [0.1, 0.15) is 18.4 Å². The van der Waals surface area contributed by atoms with Crippen molar-refractivity contribution in [1.82, 2.24) is 0 Å². The van der Waals surface area contributed by atoms with Crippen LogP contribution in [0, 0.1) is 46.8 Å². The summed E-state index contributed by atoms with van der Waals surface area (Å²) in [5.74, 6) is -5.10. The van der Waals surface area contributed by atoms with Gasteiger partial charge in [0.1, 0.15) is 0 Å². The molecule has 0 aromatic heterocycles. The van der Waals surface area contributed by atoms with E-state index in [2.05, 4.69) is 0 Å². The lowest BCUT2D eigenvalue weighted by Gasteiger charge is -2.53. The number of allylic oxidation sites excluding steroid dienone is 4. The maximum Gasteiger partial charge on any atom is 0.318 e. The van der Waals surface area contributed by atoms with Crippen LogP contribution in [0.5, 0.6) is 0 Å². The molecule has 2 aliphatic heterocycles. The van der Waals surface area contributed by atoms with E-state index in [0.717, 1.165) is 29.6 Å². The monoisotopic (exact) mass is 402 g/mol. The molecule has 6 nitrogen and oxygen atoms in total. The van der Waals surface area contributed by atoms with Crippen molar-refractivity contribution < 1.29 is 28.7 Å². The fraction of sp³-hybridized carbons (Fsp3) is 0.417. The van der Waals surface area contributed by atoms with Crippen LogP contribution in [0.4, 0.5) is 0 Å². The molecule has 4 fully saturated rings. The Labute approximate surface area is 171 Å². The van der Waals surface area contributed by atoms with E-state index < -0.39 is 53.0 Å². The van der Waals surface area contributed by atoms with Gasteiger partial charge in [-0.05, 0) is 29.9 Å². The summed E-state index contributed by atoms with van der Waals surface area (Å²) in [6.45, 7) is 0. The van der Waals surface area contributed by atoms with E-state index >= 15 is 0 Å². The van der Waals surface area contributed by atoms with Crippen LogP contribution >= 0.6 is 0 Å². The molecule has 7 atom stereocenters. The smallest absolute Gasteiger partial charge is 0.318 e. The summed E-state index contributed by atoms with van der Waals surface area (Å²) in [7, 11) is 0. The topological polar surface area (TPSA) is 86.7 Å². The lowest BCUT2D eigenvalue weighted by Crippen LogP contribution is -2.53. The fourth-order valence-electron chi connectivity index (χ4n) is 7.25. The molecule has 30 heavy (non-hydrogen) atoms. The Balaban J connectivity index is 1.55. The Morgan fingerprint density at radius 1 is 0.733 bits per heavy atom. The van der Waals surface area contributed by atoms with Gasteiger partial charge in [0, 0.05) is 17.3 Å². The molecule has 6 heteroatoms. The van der Waals surface area contributed by atoms with E-state index in [-0.39, 0.29) is 17.8 Å². The minimum Gasteiger partial charge on any atom is -0.393 e. The van der Waals surface area contributed by atoms with Crippen LogP contribution in [0.25, 0.3) is 5.57 Å². The number of carbonyl (C=O) groups excluding carboxylic acids is 4. The van der Waals surface area contributed by atoms with Gasteiger partial charge >= 0.3 is 23.9 Å². The van der Waals surface area contributed by atoms with Crippen LogP contribution in [-0.2, 0) is 28.7 Å². The Kier molecular flexibility index (Phi) is 2.89. The van der Waals surface area contributed by atoms with Crippen LogP contribution in [0.2, 0.25) is 0 Å². The molecular weight excluding hydrogens is 384 g/mol. The third-order valence-corrected chi connectivity index (χ3v) is 8.31. The second-order valence-corrected chi connectivity index (χ2v) is 9.40. The third-order valence-electron chi connectivity index (χ3n) is 8.31.